The zero-order valence-corrected chi connectivity index (χ0v) is 10.3. The van der Waals surface area contributed by atoms with E-state index in [4.69, 9.17) is 0 Å². The number of sulfone groups is 1. The molecule has 0 aromatic rings. The van der Waals surface area contributed by atoms with Crippen LogP contribution in [-0.2, 0) is 14.6 Å². The third kappa shape index (κ3) is 1.97. The minimum Gasteiger partial charge on any atom is -0.481 e. The van der Waals surface area contributed by atoms with Crippen molar-refractivity contribution in [2.45, 2.75) is 43.8 Å². The number of carboxylic acid groups (broad SMARTS) is 1. The maximum absolute atomic E-state index is 11.5. The summed E-state index contributed by atoms with van der Waals surface area (Å²) in [7, 11) is -3.01. The van der Waals surface area contributed by atoms with Gasteiger partial charge in [-0.15, -0.1) is 0 Å². The molecule has 1 N–H and O–H groups in total. The Morgan fingerprint density at radius 2 is 1.94 bits per heavy atom. The molecule has 16 heavy (non-hydrogen) atoms. The highest BCUT2D eigenvalue weighted by atomic mass is 32.2. The van der Waals surface area contributed by atoms with Crippen molar-refractivity contribution < 1.29 is 18.3 Å². The van der Waals surface area contributed by atoms with Gasteiger partial charge in [0.2, 0.25) is 0 Å². The van der Waals surface area contributed by atoms with Crippen LogP contribution in [0.2, 0.25) is 0 Å². The second kappa shape index (κ2) is 3.72. The fourth-order valence-electron chi connectivity index (χ4n) is 2.97. The largest absolute Gasteiger partial charge is 0.481 e. The number of rotatable bonds is 3. The van der Waals surface area contributed by atoms with Crippen LogP contribution in [0.25, 0.3) is 0 Å². The second-order valence-electron chi connectivity index (χ2n) is 5.28. The Morgan fingerprint density at radius 1 is 1.31 bits per heavy atom. The van der Waals surface area contributed by atoms with E-state index in [1.165, 1.54) is 6.26 Å². The summed E-state index contributed by atoms with van der Waals surface area (Å²) in [6.07, 6.45) is 5.68. The molecule has 4 nitrogen and oxygen atoms in total. The van der Waals surface area contributed by atoms with Gasteiger partial charge in [0.05, 0.1) is 10.7 Å². The third-order valence-electron chi connectivity index (χ3n) is 4.23. The van der Waals surface area contributed by atoms with Crippen molar-refractivity contribution in [2.75, 3.05) is 6.26 Å². The van der Waals surface area contributed by atoms with Crippen LogP contribution in [0.4, 0.5) is 0 Å². The van der Waals surface area contributed by atoms with Gasteiger partial charge in [-0.2, -0.15) is 0 Å². The minimum absolute atomic E-state index is 0.0680. The lowest BCUT2D eigenvalue weighted by molar-refractivity contribution is -0.146. The van der Waals surface area contributed by atoms with E-state index in [0.29, 0.717) is 12.8 Å². The van der Waals surface area contributed by atoms with Crippen molar-refractivity contribution in [3.8, 4) is 0 Å². The smallest absolute Gasteiger partial charge is 0.309 e. The molecule has 0 radical (unpaired) electrons. The molecule has 0 heterocycles. The molecule has 2 aliphatic carbocycles. The van der Waals surface area contributed by atoms with Crippen LogP contribution >= 0.6 is 0 Å². The molecule has 2 fully saturated rings. The van der Waals surface area contributed by atoms with Gasteiger partial charge in [-0.3, -0.25) is 4.79 Å². The summed E-state index contributed by atoms with van der Waals surface area (Å²) in [6.45, 7) is 0. The predicted octanol–water partition coefficient (Wildman–Crippen LogP) is 1.45. The highest BCUT2D eigenvalue weighted by Gasteiger charge is 2.56. The first-order chi connectivity index (χ1) is 7.36. The summed E-state index contributed by atoms with van der Waals surface area (Å²) in [6, 6.07) is 0. The Labute approximate surface area is 96.0 Å². The molecule has 92 valence electrons. The van der Waals surface area contributed by atoms with Crippen molar-refractivity contribution in [3.05, 3.63) is 0 Å². The SMILES string of the molecule is CS(=O)(=O)C1CCCC(C2(C(=O)O)CC2)C1. The zero-order chi connectivity index (χ0) is 12.0. The highest BCUT2D eigenvalue weighted by molar-refractivity contribution is 7.91. The van der Waals surface area contributed by atoms with E-state index in [1.54, 1.807) is 0 Å². The normalized spacial score (nSPS) is 33.3. The molecule has 2 unspecified atom stereocenters. The molecule has 0 bridgehead atoms. The van der Waals surface area contributed by atoms with Crippen molar-refractivity contribution in [3.63, 3.8) is 0 Å². The minimum atomic E-state index is -3.01. The van der Waals surface area contributed by atoms with Gasteiger partial charge < -0.3 is 5.11 Å². The number of carboxylic acids is 1. The molecule has 0 amide bonds. The number of aliphatic carboxylic acids is 1. The van der Waals surface area contributed by atoms with Gasteiger partial charge in [-0.25, -0.2) is 8.42 Å². The third-order valence-corrected chi connectivity index (χ3v) is 5.87. The first-order valence-electron chi connectivity index (χ1n) is 5.78. The van der Waals surface area contributed by atoms with E-state index in [-0.39, 0.29) is 11.2 Å². The van der Waals surface area contributed by atoms with Gasteiger partial charge in [0.1, 0.15) is 9.84 Å². The number of hydrogen-bond donors (Lipinski definition) is 1. The predicted molar refractivity (Wildman–Crippen MR) is 59.9 cm³/mol. The number of hydrogen-bond acceptors (Lipinski definition) is 3. The molecular weight excluding hydrogens is 228 g/mol. The zero-order valence-electron chi connectivity index (χ0n) is 9.48. The van der Waals surface area contributed by atoms with Crippen LogP contribution in [0.3, 0.4) is 0 Å². The maximum Gasteiger partial charge on any atom is 0.309 e. The van der Waals surface area contributed by atoms with Crippen molar-refractivity contribution in [2.24, 2.45) is 11.3 Å². The Balaban J connectivity index is 2.11. The summed E-state index contributed by atoms with van der Waals surface area (Å²) in [5.41, 5.74) is -0.580. The fraction of sp³-hybridized carbons (Fsp3) is 0.909. The van der Waals surface area contributed by atoms with Gasteiger partial charge in [-0.1, -0.05) is 6.42 Å². The van der Waals surface area contributed by atoms with Crippen LogP contribution in [0.15, 0.2) is 0 Å². The molecule has 2 atom stereocenters. The standard InChI is InChI=1S/C11H18O4S/c1-16(14,15)9-4-2-3-8(7-9)11(5-6-11)10(12)13/h8-9H,2-7H2,1H3,(H,12,13). The summed E-state index contributed by atoms with van der Waals surface area (Å²) in [4.78, 5) is 11.2. The van der Waals surface area contributed by atoms with E-state index in [2.05, 4.69) is 0 Å². The van der Waals surface area contributed by atoms with Gasteiger partial charge >= 0.3 is 5.97 Å². The lowest BCUT2D eigenvalue weighted by Gasteiger charge is -2.31. The molecule has 0 saturated heterocycles. The Hall–Kier alpha value is -0.580. The first kappa shape index (κ1) is 11.9. The van der Waals surface area contributed by atoms with Gasteiger partial charge in [0.25, 0.3) is 0 Å². The summed E-state index contributed by atoms with van der Waals surface area (Å²) >= 11 is 0. The van der Waals surface area contributed by atoms with E-state index >= 15 is 0 Å². The first-order valence-corrected chi connectivity index (χ1v) is 7.74. The molecule has 2 aliphatic rings. The Bertz CT molecular complexity index is 394. The van der Waals surface area contributed by atoms with E-state index < -0.39 is 21.2 Å². The van der Waals surface area contributed by atoms with E-state index in [0.717, 1.165) is 25.7 Å². The van der Waals surface area contributed by atoms with E-state index in [9.17, 15) is 18.3 Å². The van der Waals surface area contributed by atoms with Gasteiger partial charge in [0.15, 0.2) is 0 Å². The summed E-state index contributed by atoms with van der Waals surface area (Å²) in [5, 5.41) is 8.88. The average molecular weight is 246 g/mol. The fourth-order valence-corrected chi connectivity index (χ4v) is 4.14. The van der Waals surface area contributed by atoms with Crippen LogP contribution in [0, 0.1) is 11.3 Å². The molecule has 5 heteroatoms. The lowest BCUT2D eigenvalue weighted by atomic mass is 9.77. The monoisotopic (exact) mass is 246 g/mol. The molecule has 0 aliphatic heterocycles. The Morgan fingerprint density at radius 3 is 2.38 bits per heavy atom. The van der Waals surface area contributed by atoms with Gasteiger partial charge in [0, 0.05) is 6.26 Å². The maximum atomic E-state index is 11.5. The van der Waals surface area contributed by atoms with Crippen LogP contribution in [-0.4, -0.2) is 31.0 Å². The molecular formula is C11H18O4S. The summed E-state index contributed by atoms with van der Waals surface area (Å²) in [5.74, 6) is -0.662. The topological polar surface area (TPSA) is 71.4 Å². The van der Waals surface area contributed by atoms with Crippen LogP contribution in [0.1, 0.15) is 38.5 Å². The molecule has 0 aromatic carbocycles. The molecule has 0 spiro atoms. The second-order valence-corrected chi connectivity index (χ2v) is 7.60. The van der Waals surface area contributed by atoms with Crippen molar-refractivity contribution >= 4 is 15.8 Å². The molecule has 2 rings (SSSR count). The van der Waals surface area contributed by atoms with Gasteiger partial charge in [-0.05, 0) is 38.0 Å². The summed E-state index contributed by atoms with van der Waals surface area (Å²) < 4.78 is 23.0. The van der Waals surface area contributed by atoms with Crippen molar-refractivity contribution in [1.29, 1.82) is 0 Å². The molecule has 0 aromatic heterocycles. The quantitative estimate of drug-likeness (QED) is 0.818. The number of carbonyl (C=O) groups is 1. The lowest BCUT2D eigenvalue weighted by Crippen LogP contribution is -2.34. The Kier molecular flexibility index (Phi) is 2.77. The highest BCUT2D eigenvalue weighted by Crippen LogP contribution is 2.56. The van der Waals surface area contributed by atoms with Crippen LogP contribution in [0.5, 0.6) is 0 Å². The van der Waals surface area contributed by atoms with Crippen LogP contribution < -0.4 is 0 Å². The van der Waals surface area contributed by atoms with E-state index in [1.807, 2.05) is 0 Å². The van der Waals surface area contributed by atoms with Crippen molar-refractivity contribution in [1.82, 2.24) is 0 Å². The average Bonchev–Trinajstić information content (AvgIpc) is 2.97. The molecule has 2 saturated carbocycles.